The number of amides is 1. The Bertz CT molecular complexity index is 323. The van der Waals surface area contributed by atoms with Gasteiger partial charge in [-0.3, -0.25) is 14.5 Å². The van der Waals surface area contributed by atoms with Crippen molar-refractivity contribution in [2.45, 2.75) is 39.7 Å². The lowest BCUT2D eigenvalue weighted by Crippen LogP contribution is -2.50. The van der Waals surface area contributed by atoms with Crippen molar-refractivity contribution in [1.29, 1.82) is 0 Å². The number of carbonyl (C=O) groups excluding carboxylic acids is 1. The maximum Gasteiger partial charge on any atom is 0.304 e. The van der Waals surface area contributed by atoms with Gasteiger partial charge in [0.05, 0.1) is 12.5 Å². The molecule has 1 aliphatic rings. The zero-order valence-corrected chi connectivity index (χ0v) is 12.4. The second-order valence-corrected chi connectivity index (χ2v) is 5.99. The second kappa shape index (κ2) is 6.89. The van der Waals surface area contributed by atoms with E-state index in [0.717, 1.165) is 13.1 Å². The van der Waals surface area contributed by atoms with Crippen LogP contribution in [0, 0.1) is 11.8 Å². The first-order valence-corrected chi connectivity index (χ1v) is 7.02. The van der Waals surface area contributed by atoms with Crippen LogP contribution in [0.2, 0.25) is 0 Å². The Morgan fingerprint density at radius 3 is 2.32 bits per heavy atom. The molecule has 0 radical (unpaired) electrons. The Labute approximate surface area is 115 Å². The number of aliphatic carboxylic acids is 1. The summed E-state index contributed by atoms with van der Waals surface area (Å²) in [7, 11) is 1.81. The summed E-state index contributed by atoms with van der Waals surface area (Å²) in [5.41, 5.74) is 0. The SMILES string of the molecule is CC1CC(C)CN(C(=O)C(C)N(C)CCC(=O)O)C1. The molecule has 1 heterocycles. The van der Waals surface area contributed by atoms with Crippen molar-refractivity contribution in [3.05, 3.63) is 0 Å². The number of rotatable bonds is 5. The van der Waals surface area contributed by atoms with Crippen LogP contribution in [0.3, 0.4) is 0 Å². The van der Waals surface area contributed by atoms with E-state index in [1.165, 1.54) is 6.42 Å². The number of carboxylic acid groups (broad SMARTS) is 1. The molecule has 1 aliphatic heterocycles. The van der Waals surface area contributed by atoms with Crippen LogP contribution in [0.25, 0.3) is 0 Å². The molecule has 5 heteroatoms. The van der Waals surface area contributed by atoms with Gasteiger partial charge in [0.1, 0.15) is 0 Å². The highest BCUT2D eigenvalue weighted by molar-refractivity contribution is 5.81. The van der Waals surface area contributed by atoms with Gasteiger partial charge in [-0.2, -0.15) is 0 Å². The Morgan fingerprint density at radius 1 is 1.32 bits per heavy atom. The number of carboxylic acids is 1. The van der Waals surface area contributed by atoms with Crippen LogP contribution in [0.5, 0.6) is 0 Å². The highest BCUT2D eigenvalue weighted by Crippen LogP contribution is 2.21. The fraction of sp³-hybridized carbons (Fsp3) is 0.857. The third-order valence-electron chi connectivity index (χ3n) is 3.88. The molecule has 5 nitrogen and oxygen atoms in total. The number of piperidine rings is 1. The Morgan fingerprint density at radius 2 is 1.84 bits per heavy atom. The maximum absolute atomic E-state index is 12.4. The summed E-state index contributed by atoms with van der Waals surface area (Å²) in [6.07, 6.45) is 1.24. The van der Waals surface area contributed by atoms with E-state index in [-0.39, 0.29) is 18.4 Å². The molecular formula is C14H26N2O3. The van der Waals surface area contributed by atoms with Crippen LogP contribution < -0.4 is 0 Å². The molecule has 0 aliphatic carbocycles. The summed E-state index contributed by atoms with van der Waals surface area (Å²) in [5.74, 6) is 0.381. The van der Waals surface area contributed by atoms with E-state index in [4.69, 9.17) is 5.11 Å². The van der Waals surface area contributed by atoms with Crippen molar-refractivity contribution >= 4 is 11.9 Å². The fourth-order valence-electron chi connectivity index (χ4n) is 2.76. The summed E-state index contributed by atoms with van der Waals surface area (Å²) < 4.78 is 0. The second-order valence-electron chi connectivity index (χ2n) is 5.99. The lowest BCUT2D eigenvalue weighted by atomic mass is 9.91. The number of likely N-dealkylation sites (N-methyl/N-ethyl adjacent to an activating group) is 1. The van der Waals surface area contributed by atoms with Gasteiger partial charge >= 0.3 is 5.97 Å². The van der Waals surface area contributed by atoms with Gasteiger partial charge in [0.15, 0.2) is 0 Å². The van der Waals surface area contributed by atoms with Gasteiger partial charge < -0.3 is 10.0 Å². The Balaban J connectivity index is 2.53. The van der Waals surface area contributed by atoms with Gasteiger partial charge in [-0.1, -0.05) is 13.8 Å². The molecule has 1 amide bonds. The van der Waals surface area contributed by atoms with Crippen LogP contribution in [0.1, 0.15) is 33.6 Å². The van der Waals surface area contributed by atoms with Crippen LogP contribution >= 0.6 is 0 Å². The zero-order chi connectivity index (χ0) is 14.6. The fourth-order valence-corrected chi connectivity index (χ4v) is 2.76. The predicted octanol–water partition coefficient (Wildman–Crippen LogP) is 1.29. The molecule has 0 bridgehead atoms. The van der Waals surface area contributed by atoms with Crippen LogP contribution in [0.4, 0.5) is 0 Å². The van der Waals surface area contributed by atoms with Crippen molar-refractivity contribution in [2.75, 3.05) is 26.7 Å². The number of hydrogen-bond acceptors (Lipinski definition) is 3. The molecule has 19 heavy (non-hydrogen) atoms. The number of hydrogen-bond donors (Lipinski definition) is 1. The molecule has 110 valence electrons. The van der Waals surface area contributed by atoms with Crippen LogP contribution in [-0.4, -0.2) is 59.5 Å². The molecule has 0 spiro atoms. The maximum atomic E-state index is 12.4. The Hall–Kier alpha value is -1.10. The number of nitrogens with zero attached hydrogens (tertiary/aromatic N) is 2. The third-order valence-corrected chi connectivity index (χ3v) is 3.88. The summed E-state index contributed by atoms with van der Waals surface area (Å²) in [6, 6.07) is -0.253. The van der Waals surface area contributed by atoms with Gasteiger partial charge in [0.2, 0.25) is 5.91 Å². The first-order valence-electron chi connectivity index (χ1n) is 7.02. The summed E-state index contributed by atoms with van der Waals surface area (Å²) in [6.45, 7) is 8.25. The first-order chi connectivity index (χ1) is 8.81. The molecule has 1 saturated heterocycles. The van der Waals surface area contributed by atoms with Gasteiger partial charge in [-0.15, -0.1) is 0 Å². The summed E-state index contributed by atoms with van der Waals surface area (Å²) in [5, 5.41) is 8.68. The van der Waals surface area contributed by atoms with Crippen molar-refractivity contribution in [2.24, 2.45) is 11.8 Å². The predicted molar refractivity (Wildman–Crippen MR) is 73.9 cm³/mol. The molecule has 0 aromatic carbocycles. The third kappa shape index (κ3) is 4.82. The highest BCUT2D eigenvalue weighted by atomic mass is 16.4. The van der Waals surface area contributed by atoms with E-state index >= 15 is 0 Å². The van der Waals surface area contributed by atoms with E-state index in [0.29, 0.717) is 18.4 Å². The van der Waals surface area contributed by atoms with E-state index in [9.17, 15) is 9.59 Å². The molecule has 0 aromatic rings. The lowest BCUT2D eigenvalue weighted by Gasteiger charge is -2.38. The minimum absolute atomic E-state index is 0.0704. The summed E-state index contributed by atoms with van der Waals surface area (Å²) in [4.78, 5) is 26.7. The van der Waals surface area contributed by atoms with E-state index in [2.05, 4.69) is 13.8 Å². The number of likely N-dealkylation sites (tertiary alicyclic amines) is 1. The van der Waals surface area contributed by atoms with Crippen molar-refractivity contribution in [3.8, 4) is 0 Å². The van der Waals surface area contributed by atoms with Crippen molar-refractivity contribution in [1.82, 2.24) is 9.80 Å². The summed E-state index contributed by atoms with van der Waals surface area (Å²) >= 11 is 0. The lowest BCUT2D eigenvalue weighted by molar-refractivity contribution is -0.141. The molecule has 1 rings (SSSR count). The Kier molecular flexibility index (Phi) is 5.79. The smallest absolute Gasteiger partial charge is 0.304 e. The minimum atomic E-state index is -0.827. The highest BCUT2D eigenvalue weighted by Gasteiger charge is 2.29. The quantitative estimate of drug-likeness (QED) is 0.817. The molecular weight excluding hydrogens is 244 g/mol. The monoisotopic (exact) mass is 270 g/mol. The van der Waals surface area contributed by atoms with E-state index < -0.39 is 5.97 Å². The van der Waals surface area contributed by atoms with Crippen LogP contribution in [-0.2, 0) is 9.59 Å². The number of carbonyl (C=O) groups is 2. The zero-order valence-electron chi connectivity index (χ0n) is 12.4. The molecule has 0 aromatic heterocycles. The average Bonchev–Trinajstić information content (AvgIpc) is 2.32. The minimum Gasteiger partial charge on any atom is -0.481 e. The van der Waals surface area contributed by atoms with Crippen LogP contribution in [0.15, 0.2) is 0 Å². The standard InChI is InChI=1S/C14H26N2O3/c1-10-7-11(2)9-16(8-10)14(19)12(3)15(4)6-5-13(17)18/h10-12H,5-9H2,1-4H3,(H,17,18). The molecule has 3 unspecified atom stereocenters. The molecule has 3 atom stereocenters. The molecule has 0 saturated carbocycles. The topological polar surface area (TPSA) is 60.9 Å². The normalized spacial score (nSPS) is 25.4. The first kappa shape index (κ1) is 16.0. The van der Waals surface area contributed by atoms with Crippen molar-refractivity contribution < 1.29 is 14.7 Å². The van der Waals surface area contributed by atoms with E-state index in [1.807, 2.05) is 23.8 Å². The van der Waals surface area contributed by atoms with Gasteiger partial charge in [0, 0.05) is 19.6 Å². The average molecular weight is 270 g/mol. The van der Waals surface area contributed by atoms with Gasteiger partial charge in [-0.25, -0.2) is 0 Å². The molecule has 1 N–H and O–H groups in total. The van der Waals surface area contributed by atoms with Gasteiger partial charge in [0.25, 0.3) is 0 Å². The van der Waals surface area contributed by atoms with Crippen molar-refractivity contribution in [3.63, 3.8) is 0 Å². The van der Waals surface area contributed by atoms with E-state index in [1.54, 1.807) is 0 Å². The largest absolute Gasteiger partial charge is 0.481 e. The molecule has 1 fully saturated rings. The van der Waals surface area contributed by atoms with Gasteiger partial charge in [-0.05, 0) is 32.2 Å².